The second kappa shape index (κ2) is 7.11. The Labute approximate surface area is 144 Å². The number of alkyl halides is 3. The second-order valence-corrected chi connectivity index (χ2v) is 6.43. The molecule has 1 aromatic carbocycles. The zero-order valence-corrected chi connectivity index (χ0v) is 14.1. The lowest BCUT2D eigenvalue weighted by molar-refractivity contribution is -0.108. The van der Waals surface area contributed by atoms with Crippen LogP contribution in [0.15, 0.2) is 28.4 Å². The van der Waals surface area contributed by atoms with Crippen LogP contribution in [0, 0.1) is 11.6 Å². The summed E-state index contributed by atoms with van der Waals surface area (Å²) >= 11 is 0.997. The zero-order chi connectivity index (χ0) is 18.8. The molecule has 1 atom stereocenters. The number of carbonyl (C=O) groups excluding carboxylic acids is 1. The number of thioether (sulfide) groups is 1. The number of rotatable bonds is 5. The maximum atomic E-state index is 14.1. The van der Waals surface area contributed by atoms with Crippen molar-refractivity contribution in [3.8, 4) is 0 Å². The number of nitrogens with zero attached hydrogens (tertiary/aromatic N) is 3. The quantitative estimate of drug-likeness (QED) is 0.570. The van der Waals surface area contributed by atoms with E-state index in [1.807, 2.05) is 6.92 Å². The van der Waals surface area contributed by atoms with E-state index in [4.69, 9.17) is 0 Å². The number of anilines is 1. The Bertz CT molecular complexity index is 734. The Hall–Kier alpha value is -1.97. The van der Waals surface area contributed by atoms with Crippen molar-refractivity contribution in [2.45, 2.75) is 32.0 Å². The van der Waals surface area contributed by atoms with E-state index >= 15 is 0 Å². The van der Waals surface area contributed by atoms with Crippen molar-refractivity contribution in [2.24, 2.45) is 10.2 Å². The van der Waals surface area contributed by atoms with Crippen LogP contribution in [0.4, 0.5) is 27.6 Å². The van der Waals surface area contributed by atoms with E-state index in [-0.39, 0.29) is 11.5 Å². The lowest BCUT2D eigenvalue weighted by Crippen LogP contribution is -2.59. The van der Waals surface area contributed by atoms with Crippen molar-refractivity contribution in [1.82, 2.24) is 0 Å². The van der Waals surface area contributed by atoms with Crippen LogP contribution in [0.2, 0.25) is 0 Å². The van der Waals surface area contributed by atoms with Gasteiger partial charge in [0, 0.05) is 6.07 Å². The maximum absolute atomic E-state index is 14.1. The van der Waals surface area contributed by atoms with Crippen molar-refractivity contribution in [2.75, 3.05) is 10.7 Å². The summed E-state index contributed by atoms with van der Waals surface area (Å²) in [6.07, 6.45) is -4.18. The predicted octanol–water partition coefficient (Wildman–Crippen LogP) is 4.16. The molecule has 0 bridgehead atoms. The average molecular weight is 379 g/mol. The van der Waals surface area contributed by atoms with Crippen LogP contribution in [0.25, 0.3) is 0 Å². The fraction of sp³-hybridized carbons (Fsp3) is 0.400. The number of carbonyl (C=O) groups is 1. The van der Waals surface area contributed by atoms with Crippen molar-refractivity contribution in [3.63, 3.8) is 0 Å². The molecule has 0 spiro atoms. The molecular formula is C15H14F5N3OS. The minimum absolute atomic E-state index is 0.0604. The number of halogens is 5. The smallest absolute Gasteiger partial charge is 0.294 e. The molecule has 0 saturated heterocycles. The van der Waals surface area contributed by atoms with Gasteiger partial charge in [0.25, 0.3) is 0 Å². The third kappa shape index (κ3) is 3.53. The summed E-state index contributed by atoms with van der Waals surface area (Å²) in [5, 5.41) is 6.68. The van der Waals surface area contributed by atoms with Crippen LogP contribution < -0.4 is 4.90 Å². The third-order valence-corrected chi connectivity index (χ3v) is 4.95. The molecule has 136 valence electrons. The Morgan fingerprint density at radius 2 is 1.96 bits per heavy atom. The standard InChI is InChI=1S/C15H14F5N3OS/c1-3-6-25-13-14(2,12(21-22-13)15(18,19)20)23(8-24)11-5-4-9(16)7-10(11)17/h4-5,7-8H,3,6H2,1-2H3. The molecular weight excluding hydrogens is 365 g/mol. The zero-order valence-electron chi connectivity index (χ0n) is 13.3. The van der Waals surface area contributed by atoms with Gasteiger partial charge in [-0.3, -0.25) is 9.69 Å². The first-order chi connectivity index (χ1) is 11.7. The van der Waals surface area contributed by atoms with E-state index in [9.17, 15) is 26.7 Å². The van der Waals surface area contributed by atoms with Crippen LogP contribution in [-0.2, 0) is 4.79 Å². The lowest BCUT2D eigenvalue weighted by Gasteiger charge is -2.37. The summed E-state index contributed by atoms with van der Waals surface area (Å²) in [4.78, 5) is 12.1. The average Bonchev–Trinajstić information content (AvgIpc) is 2.85. The molecule has 2 rings (SSSR count). The van der Waals surface area contributed by atoms with E-state index < -0.39 is 34.7 Å². The van der Waals surface area contributed by atoms with Gasteiger partial charge < -0.3 is 0 Å². The highest BCUT2D eigenvalue weighted by atomic mass is 32.2. The van der Waals surface area contributed by atoms with Crippen molar-refractivity contribution >= 4 is 34.6 Å². The number of hydrogen-bond acceptors (Lipinski definition) is 4. The van der Waals surface area contributed by atoms with Crippen molar-refractivity contribution in [1.29, 1.82) is 0 Å². The van der Waals surface area contributed by atoms with Crippen LogP contribution >= 0.6 is 11.8 Å². The monoisotopic (exact) mass is 379 g/mol. The maximum Gasteiger partial charge on any atom is 0.434 e. The van der Waals surface area contributed by atoms with E-state index in [0.717, 1.165) is 30.8 Å². The summed E-state index contributed by atoms with van der Waals surface area (Å²) in [6, 6.07) is 2.25. The molecule has 1 aromatic rings. The molecule has 0 radical (unpaired) electrons. The Kier molecular flexibility index (Phi) is 5.50. The first-order valence-electron chi connectivity index (χ1n) is 7.22. The molecule has 1 heterocycles. The van der Waals surface area contributed by atoms with E-state index in [1.54, 1.807) is 0 Å². The fourth-order valence-corrected chi connectivity index (χ4v) is 3.36. The SMILES string of the molecule is CCCSC1=NN=C(C(F)(F)F)C1(C)N(C=O)c1ccc(F)cc1F. The van der Waals surface area contributed by atoms with Crippen molar-refractivity contribution < 1.29 is 26.7 Å². The molecule has 25 heavy (non-hydrogen) atoms. The molecule has 0 saturated carbocycles. The Morgan fingerprint density at radius 1 is 1.28 bits per heavy atom. The Morgan fingerprint density at radius 3 is 2.48 bits per heavy atom. The van der Waals surface area contributed by atoms with Gasteiger partial charge >= 0.3 is 6.18 Å². The van der Waals surface area contributed by atoms with Crippen LogP contribution in [0.1, 0.15) is 20.3 Å². The van der Waals surface area contributed by atoms with Crippen LogP contribution in [0.5, 0.6) is 0 Å². The van der Waals surface area contributed by atoms with E-state index in [0.29, 0.717) is 23.1 Å². The van der Waals surface area contributed by atoms with Crippen molar-refractivity contribution in [3.05, 3.63) is 29.8 Å². The van der Waals surface area contributed by atoms with Crippen LogP contribution in [0.3, 0.4) is 0 Å². The van der Waals surface area contributed by atoms with Gasteiger partial charge in [-0.05, 0) is 31.2 Å². The van der Waals surface area contributed by atoms with Gasteiger partial charge in [-0.1, -0.05) is 6.92 Å². The molecule has 0 aliphatic carbocycles. The molecule has 1 amide bonds. The first-order valence-corrected chi connectivity index (χ1v) is 8.21. The minimum Gasteiger partial charge on any atom is -0.294 e. The van der Waals surface area contributed by atoms with Gasteiger partial charge in [0.1, 0.15) is 22.2 Å². The summed E-state index contributed by atoms with van der Waals surface area (Å²) in [7, 11) is 0. The van der Waals surface area contributed by atoms with Gasteiger partial charge in [0.15, 0.2) is 5.71 Å². The fourth-order valence-electron chi connectivity index (χ4n) is 2.39. The van der Waals surface area contributed by atoms with Gasteiger partial charge in [-0.25, -0.2) is 8.78 Å². The molecule has 1 aliphatic heterocycles. The second-order valence-electron chi connectivity index (χ2n) is 5.34. The van der Waals surface area contributed by atoms with Gasteiger partial charge in [0.2, 0.25) is 6.41 Å². The highest BCUT2D eigenvalue weighted by Gasteiger charge is 2.57. The summed E-state index contributed by atoms with van der Waals surface area (Å²) < 4.78 is 67.5. The highest BCUT2D eigenvalue weighted by molar-refractivity contribution is 8.14. The third-order valence-electron chi connectivity index (χ3n) is 3.59. The summed E-state index contributed by atoms with van der Waals surface area (Å²) in [5.74, 6) is -1.64. The molecule has 4 nitrogen and oxygen atoms in total. The van der Waals surface area contributed by atoms with Gasteiger partial charge in [-0.2, -0.15) is 13.2 Å². The Balaban J connectivity index is 2.58. The molecule has 10 heteroatoms. The molecule has 0 N–H and O–H groups in total. The normalized spacial score (nSPS) is 20.3. The predicted molar refractivity (Wildman–Crippen MR) is 87.0 cm³/mol. The van der Waals surface area contributed by atoms with Gasteiger partial charge in [0.05, 0.1) is 5.69 Å². The highest BCUT2D eigenvalue weighted by Crippen LogP contribution is 2.40. The largest absolute Gasteiger partial charge is 0.434 e. The topological polar surface area (TPSA) is 45.0 Å². The molecule has 1 aliphatic rings. The molecule has 0 aromatic heterocycles. The minimum atomic E-state index is -4.88. The molecule has 1 unspecified atom stereocenters. The number of benzene rings is 1. The van der Waals surface area contributed by atoms with E-state index in [2.05, 4.69) is 10.2 Å². The lowest BCUT2D eigenvalue weighted by atomic mass is 9.94. The molecule has 0 fully saturated rings. The first kappa shape index (κ1) is 19.4. The number of amides is 1. The summed E-state index contributed by atoms with van der Waals surface area (Å²) in [5.41, 5.74) is -3.98. The summed E-state index contributed by atoms with van der Waals surface area (Å²) in [6.45, 7) is 2.91. The van der Waals surface area contributed by atoms with Gasteiger partial charge in [-0.15, -0.1) is 22.0 Å². The van der Waals surface area contributed by atoms with E-state index in [1.165, 1.54) is 0 Å². The number of hydrogen-bond donors (Lipinski definition) is 0. The van der Waals surface area contributed by atoms with Crippen LogP contribution in [-0.4, -0.2) is 34.6 Å².